The zero-order chi connectivity index (χ0) is 72.5. The molecule has 0 N–H and O–H groups in total. The third-order valence-corrected chi connectivity index (χ3v) is 29.0. The summed E-state index contributed by atoms with van der Waals surface area (Å²) in [6.07, 6.45) is 11.2. The van der Waals surface area contributed by atoms with Gasteiger partial charge in [-0.05, 0) is 260 Å². The quantitative estimate of drug-likeness (QED) is 0.191. The lowest BCUT2D eigenvalue weighted by atomic mass is 9.79. The number of likely N-dealkylation sites (N-methyl/N-ethyl adjacent to an activating group) is 1. The molecule has 0 saturated carbocycles. The number of rotatable bonds is 12. The van der Waals surface area contributed by atoms with Crippen LogP contribution in [-0.4, -0.2) is 227 Å². The molecule has 2 aromatic carbocycles. The second-order valence-corrected chi connectivity index (χ2v) is 50.5. The first-order valence-corrected chi connectivity index (χ1v) is 47.8. The molecule has 550 valence electrons. The number of hydrogen-bond acceptors (Lipinski definition) is 11. The fourth-order valence-corrected chi connectivity index (χ4v) is 26.4. The minimum atomic E-state index is -1.09. The Kier molecular flexibility index (Phi) is 45.4. The summed E-state index contributed by atoms with van der Waals surface area (Å²) in [4.78, 5) is 17.7. The second-order valence-electron chi connectivity index (χ2n) is 35.4. The predicted octanol–water partition coefficient (Wildman–Crippen LogP) is 19.5. The predicted molar refractivity (Wildman–Crippen MR) is 429 cm³/mol. The van der Waals surface area contributed by atoms with Gasteiger partial charge in [-0.3, -0.25) is 14.7 Å². The Labute approximate surface area is 586 Å². The standard InChI is InChI=1S/C13H20N2.C12H25N.C10H14O.C9H25NSi2.C8H18N2.C8H17N.C7H19NSi.C7H15N.C5H12O/c1-12(2)14-8-10-15(11-9-14)13-6-4-3-5-7-13;1-10(2)13-11(3,4)8-7-9-12(13,5)6;1-10(2,3)11-9-7-5-4-6-8-9;1-9(2)10(11(3,4)5)12(6,7)8;1-8(2)10-6-4-9(3)5-7-10;1-8(2)9-6-4-3-5-7-9;1-7(2)8(3)9(4,5)6;1-7(2)8-5-3-4-6-8;1-5(2,3)6-4/h3-7,12H,8-11H2,1-2H3;10H,7-9H2,1-6H3;4-8H,1-3H3;9H,1-8H3;8H,4-7H2,1-3H3;8H,3-7H2,1-2H3;7H,1-6H3;7H,3-6H2,1-2H3;1-4H3. The lowest BCUT2D eigenvalue weighted by Gasteiger charge is -2.55. The van der Waals surface area contributed by atoms with E-state index in [4.69, 9.17) is 9.47 Å². The minimum Gasteiger partial charge on any atom is -0.488 e. The van der Waals surface area contributed by atoms with E-state index in [0.29, 0.717) is 29.2 Å². The van der Waals surface area contributed by atoms with Gasteiger partial charge in [-0.25, -0.2) is 0 Å². The van der Waals surface area contributed by atoms with Crippen molar-refractivity contribution in [1.82, 2.24) is 38.2 Å². The Bertz CT molecular complexity index is 2050. The number of para-hydroxylation sites is 2. The number of methoxy groups -OCH3 is 1. The van der Waals surface area contributed by atoms with Crippen LogP contribution in [0.25, 0.3) is 0 Å². The van der Waals surface area contributed by atoms with Gasteiger partial charge in [0, 0.05) is 106 Å². The van der Waals surface area contributed by atoms with Crippen molar-refractivity contribution in [2.24, 2.45) is 0 Å². The van der Waals surface area contributed by atoms with Crippen molar-refractivity contribution in [3.8, 4) is 5.75 Å². The van der Waals surface area contributed by atoms with Crippen molar-refractivity contribution in [2.75, 3.05) is 105 Å². The molecule has 5 heterocycles. The number of anilines is 1. The van der Waals surface area contributed by atoms with E-state index in [2.05, 4.69) is 271 Å². The molecule has 0 bridgehead atoms. The van der Waals surface area contributed by atoms with Crippen LogP contribution in [0.5, 0.6) is 5.75 Å². The van der Waals surface area contributed by atoms with Gasteiger partial charge in [-0.2, -0.15) is 0 Å². The molecule has 0 unspecified atom stereocenters. The highest BCUT2D eigenvalue weighted by atomic mass is 28.4. The number of likely N-dealkylation sites (tertiary alicyclic amines) is 3. The summed E-state index contributed by atoms with van der Waals surface area (Å²) in [6, 6.07) is 25.6. The van der Waals surface area contributed by atoms with Gasteiger partial charge in [0.25, 0.3) is 0 Å². The van der Waals surface area contributed by atoms with Crippen molar-refractivity contribution < 1.29 is 9.47 Å². The Morgan fingerprint density at radius 1 is 0.409 bits per heavy atom. The van der Waals surface area contributed by atoms with E-state index in [1.165, 1.54) is 123 Å². The van der Waals surface area contributed by atoms with Crippen LogP contribution >= 0.6 is 0 Å². The number of piperazine rings is 2. The van der Waals surface area contributed by atoms with Crippen LogP contribution < -0.4 is 9.64 Å². The number of ether oxygens (including phenoxy) is 2. The monoisotopic (exact) mass is 1360 g/mol. The van der Waals surface area contributed by atoms with E-state index < -0.39 is 24.7 Å². The van der Waals surface area contributed by atoms with Crippen molar-refractivity contribution in [3.05, 3.63) is 60.7 Å². The molecule has 5 fully saturated rings. The van der Waals surface area contributed by atoms with E-state index in [0.717, 1.165) is 43.0 Å². The summed E-state index contributed by atoms with van der Waals surface area (Å²) in [5, 5.41) is 0. The highest BCUT2D eigenvalue weighted by molar-refractivity contribution is 6.89. The molecule has 0 spiro atoms. The molecule has 7 rings (SSSR count). The normalized spacial score (nSPS) is 18.9. The smallest absolute Gasteiger partial charge is 0.120 e. The Hall–Kier alpha value is -1.67. The maximum atomic E-state index is 5.60. The molecule has 93 heavy (non-hydrogen) atoms. The Morgan fingerprint density at radius 2 is 0.731 bits per heavy atom. The number of hydrogen-bond donors (Lipinski definition) is 0. The molecule has 2 aromatic rings. The van der Waals surface area contributed by atoms with Gasteiger partial charge in [0.1, 0.15) is 36.1 Å². The van der Waals surface area contributed by atoms with Gasteiger partial charge in [-0.1, -0.05) is 129 Å². The highest BCUT2D eigenvalue weighted by Crippen LogP contribution is 2.39. The summed E-state index contributed by atoms with van der Waals surface area (Å²) in [7, 11) is 2.95. The minimum absolute atomic E-state index is 0.0417. The fourth-order valence-electron chi connectivity index (χ4n) is 13.8. The maximum absolute atomic E-state index is 5.60. The summed E-state index contributed by atoms with van der Waals surface area (Å²) in [6.45, 7) is 90.5. The average molecular weight is 1360 g/mol. The van der Waals surface area contributed by atoms with Crippen LogP contribution in [0.4, 0.5) is 5.69 Å². The van der Waals surface area contributed by atoms with E-state index in [1.807, 2.05) is 71.9 Å². The van der Waals surface area contributed by atoms with Crippen molar-refractivity contribution >= 4 is 30.4 Å². The van der Waals surface area contributed by atoms with Crippen LogP contribution in [0.1, 0.15) is 218 Å². The van der Waals surface area contributed by atoms with Gasteiger partial charge in [0.15, 0.2) is 0 Å². The highest BCUT2D eigenvalue weighted by Gasteiger charge is 2.42. The second kappa shape index (κ2) is 45.2. The molecule has 0 aliphatic carbocycles. The van der Waals surface area contributed by atoms with Gasteiger partial charge < -0.3 is 37.9 Å². The van der Waals surface area contributed by atoms with Crippen LogP contribution in [0.3, 0.4) is 0 Å². The summed E-state index contributed by atoms with van der Waals surface area (Å²) >= 11 is 0. The zero-order valence-corrected chi connectivity index (χ0v) is 72.3. The summed E-state index contributed by atoms with van der Waals surface area (Å²) in [5.74, 6) is 0.931. The Morgan fingerprint density at radius 3 is 0.968 bits per heavy atom. The van der Waals surface area contributed by atoms with Crippen molar-refractivity contribution in [2.45, 2.75) is 341 Å². The third kappa shape index (κ3) is 43.5. The Balaban J connectivity index is 0. The lowest BCUT2D eigenvalue weighted by molar-refractivity contribution is -0.0508. The molecule has 14 heteroatoms. The number of benzene rings is 2. The van der Waals surface area contributed by atoms with Crippen LogP contribution in [-0.2, 0) is 4.74 Å². The lowest BCUT2D eigenvalue weighted by Crippen LogP contribution is -2.61. The first kappa shape index (κ1) is 93.4. The molecule has 11 nitrogen and oxygen atoms in total. The average Bonchev–Trinajstić information content (AvgIpc) is 1.05. The van der Waals surface area contributed by atoms with Crippen molar-refractivity contribution in [3.63, 3.8) is 0 Å². The van der Waals surface area contributed by atoms with Crippen LogP contribution in [0.2, 0.25) is 58.9 Å². The first-order valence-electron chi connectivity index (χ1n) is 37.5. The van der Waals surface area contributed by atoms with Crippen LogP contribution in [0, 0.1) is 0 Å². The fraction of sp³-hybridized carbons (Fsp3) is 0.848. The van der Waals surface area contributed by atoms with E-state index >= 15 is 0 Å². The van der Waals surface area contributed by atoms with Crippen molar-refractivity contribution in [1.29, 1.82) is 0 Å². The molecule has 0 radical (unpaired) electrons. The number of piperidine rings is 2. The summed E-state index contributed by atoms with van der Waals surface area (Å²) in [5.41, 5.74) is 2.08. The largest absolute Gasteiger partial charge is 0.488 e. The SMILES string of the molecule is CC(C)(C)Oc1ccccc1.CC(C)N(C)[Si](C)(C)C.CC(C)N([Si](C)(C)C)[Si](C)(C)C.CC(C)N1C(C)(C)CCCC1(C)C.CC(C)N1CCCC1.CC(C)N1CCCCC1.CC(C)N1CCN(C)CC1.CC(C)N1CCN(c2ccccc2)CC1.COC(C)(C)C. The first-order chi connectivity index (χ1) is 42.4. The summed E-state index contributed by atoms with van der Waals surface area (Å²) < 4.78 is 15.9. The zero-order valence-electron chi connectivity index (χ0n) is 69.3. The van der Waals surface area contributed by atoms with Gasteiger partial charge in [0.05, 0.1) is 5.60 Å². The molecule has 0 atom stereocenters. The molecule has 5 saturated heterocycles. The molecule has 5 aliphatic rings. The van der Waals surface area contributed by atoms with Gasteiger partial charge in [-0.15, -0.1) is 0 Å². The van der Waals surface area contributed by atoms with Gasteiger partial charge >= 0.3 is 0 Å². The molecule has 5 aliphatic heterocycles. The molecular weight excluding hydrogens is 1190 g/mol. The topological polar surface area (TPSA) is 47.6 Å². The molecule has 0 aromatic heterocycles. The van der Waals surface area contributed by atoms with E-state index in [1.54, 1.807) is 7.11 Å². The maximum Gasteiger partial charge on any atom is 0.120 e. The van der Waals surface area contributed by atoms with Crippen LogP contribution in [0.15, 0.2) is 60.7 Å². The van der Waals surface area contributed by atoms with Gasteiger partial charge in [0.2, 0.25) is 0 Å². The van der Waals surface area contributed by atoms with E-state index in [-0.39, 0.29) is 11.2 Å². The molecular formula is C79H165N9O2Si3. The van der Waals surface area contributed by atoms with E-state index in [9.17, 15) is 0 Å². The molecule has 0 amide bonds. The third-order valence-electron chi connectivity index (χ3n) is 18.4. The number of nitrogens with zero attached hydrogens (tertiary/aromatic N) is 9.